The number of ether oxygens (including phenoxy) is 1. The van der Waals surface area contributed by atoms with Crippen molar-refractivity contribution in [3.8, 4) is 5.75 Å². The van der Waals surface area contributed by atoms with Gasteiger partial charge in [0.15, 0.2) is 0 Å². The van der Waals surface area contributed by atoms with Crippen molar-refractivity contribution in [3.05, 3.63) is 64.1 Å². The van der Waals surface area contributed by atoms with Gasteiger partial charge in [0.2, 0.25) is 0 Å². The quantitative estimate of drug-likeness (QED) is 0.925. The Labute approximate surface area is 116 Å². The van der Waals surface area contributed by atoms with E-state index in [0.29, 0.717) is 6.61 Å². The largest absolute Gasteiger partial charge is 0.489 e. The number of rotatable bonds is 4. The maximum Gasteiger partial charge on any atom is 0.125 e. The molecule has 1 unspecified atom stereocenters. The van der Waals surface area contributed by atoms with Gasteiger partial charge in [-0.05, 0) is 24.6 Å². The van der Waals surface area contributed by atoms with Gasteiger partial charge in [0.05, 0.1) is 0 Å². The molecule has 94 valence electrons. The predicted octanol–water partition coefficient (Wildman–Crippen LogP) is 4.05. The second kappa shape index (κ2) is 6.03. The molecule has 2 N–H and O–H groups in total. The molecule has 0 radical (unpaired) electrons. The smallest absolute Gasteiger partial charge is 0.125 e. The number of nitrogens with two attached hydrogens (primary N) is 1. The lowest BCUT2D eigenvalue weighted by Gasteiger charge is -2.14. The van der Waals surface area contributed by atoms with Crippen LogP contribution in [0.15, 0.2) is 53.0 Å². The van der Waals surface area contributed by atoms with E-state index in [1.165, 1.54) is 0 Å². The van der Waals surface area contributed by atoms with Crippen LogP contribution >= 0.6 is 15.9 Å². The van der Waals surface area contributed by atoms with Gasteiger partial charge < -0.3 is 10.5 Å². The topological polar surface area (TPSA) is 35.2 Å². The van der Waals surface area contributed by atoms with E-state index in [0.717, 1.165) is 21.3 Å². The van der Waals surface area contributed by atoms with E-state index in [2.05, 4.69) is 15.9 Å². The van der Waals surface area contributed by atoms with Crippen LogP contribution in [0.1, 0.15) is 24.1 Å². The Bertz CT molecular complexity index is 511. The second-order valence-electron chi connectivity index (χ2n) is 4.25. The highest BCUT2D eigenvalue weighted by atomic mass is 79.9. The Morgan fingerprint density at radius 2 is 1.89 bits per heavy atom. The minimum Gasteiger partial charge on any atom is -0.489 e. The highest BCUT2D eigenvalue weighted by Crippen LogP contribution is 2.28. The number of hydrogen-bond donors (Lipinski definition) is 1. The Morgan fingerprint density at radius 3 is 2.56 bits per heavy atom. The number of hydrogen-bond acceptors (Lipinski definition) is 2. The van der Waals surface area contributed by atoms with Crippen molar-refractivity contribution in [1.82, 2.24) is 0 Å². The van der Waals surface area contributed by atoms with E-state index in [1.807, 2.05) is 55.5 Å². The lowest BCUT2D eigenvalue weighted by Crippen LogP contribution is -2.08. The van der Waals surface area contributed by atoms with Gasteiger partial charge in [0.1, 0.15) is 12.4 Å². The summed E-state index contributed by atoms with van der Waals surface area (Å²) in [4.78, 5) is 0. The van der Waals surface area contributed by atoms with Crippen LogP contribution < -0.4 is 10.5 Å². The Morgan fingerprint density at radius 1 is 1.17 bits per heavy atom. The molecule has 0 aliphatic carbocycles. The third-order valence-electron chi connectivity index (χ3n) is 2.70. The fourth-order valence-electron chi connectivity index (χ4n) is 1.74. The van der Waals surface area contributed by atoms with Crippen LogP contribution in [0, 0.1) is 0 Å². The maximum absolute atomic E-state index is 5.94. The molecule has 1 atom stereocenters. The van der Waals surface area contributed by atoms with E-state index in [-0.39, 0.29) is 6.04 Å². The first-order chi connectivity index (χ1) is 8.66. The average molecular weight is 306 g/mol. The summed E-state index contributed by atoms with van der Waals surface area (Å²) in [6.07, 6.45) is 0. The third kappa shape index (κ3) is 3.34. The molecule has 0 heterocycles. The molecule has 0 aromatic heterocycles. The van der Waals surface area contributed by atoms with E-state index in [1.54, 1.807) is 0 Å². The summed E-state index contributed by atoms with van der Waals surface area (Å²) < 4.78 is 6.85. The summed E-state index contributed by atoms with van der Waals surface area (Å²) >= 11 is 3.45. The zero-order valence-corrected chi connectivity index (χ0v) is 11.9. The molecule has 0 saturated heterocycles. The lowest BCUT2D eigenvalue weighted by atomic mass is 10.1. The SMILES string of the molecule is CC(N)c1ccc(Br)cc1OCc1ccccc1. The zero-order chi connectivity index (χ0) is 13.0. The molecular weight excluding hydrogens is 290 g/mol. The Balaban J connectivity index is 2.15. The molecule has 0 bridgehead atoms. The highest BCUT2D eigenvalue weighted by Gasteiger charge is 2.08. The van der Waals surface area contributed by atoms with Crippen LogP contribution in [0.3, 0.4) is 0 Å². The van der Waals surface area contributed by atoms with Crippen molar-refractivity contribution in [1.29, 1.82) is 0 Å². The molecule has 2 nitrogen and oxygen atoms in total. The van der Waals surface area contributed by atoms with Crippen molar-refractivity contribution < 1.29 is 4.74 Å². The van der Waals surface area contributed by atoms with E-state index in [9.17, 15) is 0 Å². The molecule has 2 aromatic carbocycles. The molecule has 2 rings (SSSR count). The van der Waals surface area contributed by atoms with Crippen molar-refractivity contribution in [2.75, 3.05) is 0 Å². The van der Waals surface area contributed by atoms with Crippen molar-refractivity contribution >= 4 is 15.9 Å². The zero-order valence-electron chi connectivity index (χ0n) is 10.3. The average Bonchev–Trinajstić information content (AvgIpc) is 2.37. The molecule has 3 heteroatoms. The summed E-state index contributed by atoms with van der Waals surface area (Å²) in [5.41, 5.74) is 8.11. The fourth-order valence-corrected chi connectivity index (χ4v) is 2.08. The molecule has 0 aliphatic heterocycles. The van der Waals surface area contributed by atoms with Crippen LogP contribution in [0.25, 0.3) is 0 Å². The van der Waals surface area contributed by atoms with Crippen LogP contribution in [-0.4, -0.2) is 0 Å². The fraction of sp³-hybridized carbons (Fsp3) is 0.200. The minimum atomic E-state index is -0.0381. The van der Waals surface area contributed by atoms with Gasteiger partial charge in [-0.25, -0.2) is 0 Å². The molecule has 0 fully saturated rings. The monoisotopic (exact) mass is 305 g/mol. The molecule has 2 aromatic rings. The highest BCUT2D eigenvalue weighted by molar-refractivity contribution is 9.10. The van der Waals surface area contributed by atoms with Gasteiger partial charge in [-0.3, -0.25) is 0 Å². The summed E-state index contributed by atoms with van der Waals surface area (Å²) in [5, 5.41) is 0. The maximum atomic E-state index is 5.94. The molecule has 0 aliphatic rings. The van der Waals surface area contributed by atoms with Crippen molar-refractivity contribution in [3.63, 3.8) is 0 Å². The predicted molar refractivity (Wildman–Crippen MR) is 77.5 cm³/mol. The normalized spacial score (nSPS) is 12.2. The van der Waals surface area contributed by atoms with Crippen LogP contribution in [-0.2, 0) is 6.61 Å². The lowest BCUT2D eigenvalue weighted by molar-refractivity contribution is 0.301. The first-order valence-electron chi connectivity index (χ1n) is 5.88. The van der Waals surface area contributed by atoms with Gasteiger partial charge >= 0.3 is 0 Å². The van der Waals surface area contributed by atoms with E-state index in [4.69, 9.17) is 10.5 Å². The van der Waals surface area contributed by atoms with E-state index < -0.39 is 0 Å². The summed E-state index contributed by atoms with van der Waals surface area (Å²) in [5.74, 6) is 0.836. The first kappa shape index (κ1) is 13.1. The Hall–Kier alpha value is -1.32. The molecule has 18 heavy (non-hydrogen) atoms. The summed E-state index contributed by atoms with van der Waals surface area (Å²) in [6.45, 7) is 2.51. The number of halogens is 1. The van der Waals surface area contributed by atoms with E-state index >= 15 is 0 Å². The second-order valence-corrected chi connectivity index (χ2v) is 5.16. The van der Waals surface area contributed by atoms with Gasteiger partial charge in [-0.15, -0.1) is 0 Å². The molecular formula is C15H16BrNO. The Kier molecular flexibility index (Phi) is 4.39. The standard InChI is InChI=1S/C15H16BrNO/c1-11(17)14-8-7-13(16)9-15(14)18-10-12-5-3-2-4-6-12/h2-9,11H,10,17H2,1H3. The molecule has 0 saturated carbocycles. The first-order valence-corrected chi connectivity index (χ1v) is 6.68. The van der Waals surface area contributed by atoms with Crippen LogP contribution in [0.4, 0.5) is 0 Å². The van der Waals surface area contributed by atoms with Gasteiger partial charge in [-0.1, -0.05) is 52.3 Å². The van der Waals surface area contributed by atoms with Crippen LogP contribution in [0.2, 0.25) is 0 Å². The number of benzene rings is 2. The van der Waals surface area contributed by atoms with Gasteiger partial charge in [-0.2, -0.15) is 0 Å². The third-order valence-corrected chi connectivity index (χ3v) is 3.20. The molecule has 0 amide bonds. The van der Waals surface area contributed by atoms with Gasteiger partial charge in [0.25, 0.3) is 0 Å². The van der Waals surface area contributed by atoms with Crippen molar-refractivity contribution in [2.45, 2.75) is 19.6 Å². The van der Waals surface area contributed by atoms with Gasteiger partial charge in [0, 0.05) is 16.1 Å². The summed E-state index contributed by atoms with van der Waals surface area (Å²) in [7, 11) is 0. The molecule has 0 spiro atoms. The minimum absolute atomic E-state index is 0.0381. The van der Waals surface area contributed by atoms with Crippen LogP contribution in [0.5, 0.6) is 5.75 Å². The van der Waals surface area contributed by atoms with Crippen molar-refractivity contribution in [2.24, 2.45) is 5.73 Å². The summed E-state index contributed by atoms with van der Waals surface area (Å²) in [6, 6.07) is 16.0.